The third-order valence-corrected chi connectivity index (χ3v) is 5.89. The van der Waals surface area contributed by atoms with Crippen LogP contribution in [0.15, 0.2) is 65.5 Å². The minimum atomic E-state index is -0.141. The van der Waals surface area contributed by atoms with E-state index < -0.39 is 0 Å². The van der Waals surface area contributed by atoms with Crippen LogP contribution in [0.5, 0.6) is 0 Å². The Morgan fingerprint density at radius 1 is 1.03 bits per heavy atom. The van der Waals surface area contributed by atoms with Gasteiger partial charge in [0.25, 0.3) is 5.91 Å². The molecule has 1 amide bonds. The van der Waals surface area contributed by atoms with Crippen LogP contribution in [0, 0.1) is 0 Å². The number of rotatable bonds is 6. The zero-order valence-electron chi connectivity index (χ0n) is 17.8. The minimum absolute atomic E-state index is 0.0429. The molecular weight excluding hydrogens is 402 g/mol. The van der Waals surface area contributed by atoms with Crippen molar-refractivity contribution in [3.8, 4) is 11.3 Å². The Kier molecular flexibility index (Phi) is 5.54. The molecule has 1 aliphatic rings. The van der Waals surface area contributed by atoms with Gasteiger partial charge in [-0.15, -0.1) is 0 Å². The van der Waals surface area contributed by atoms with Crippen LogP contribution in [0.25, 0.3) is 22.2 Å². The first-order valence-electron chi connectivity index (χ1n) is 11.1. The van der Waals surface area contributed by atoms with Crippen molar-refractivity contribution in [3.05, 3.63) is 82.5 Å². The molecule has 0 bridgehead atoms. The van der Waals surface area contributed by atoms with Gasteiger partial charge in [-0.25, -0.2) is 14.5 Å². The van der Waals surface area contributed by atoms with Crippen LogP contribution in [0.3, 0.4) is 0 Å². The van der Waals surface area contributed by atoms with Crippen LogP contribution in [0.2, 0.25) is 0 Å². The quantitative estimate of drug-likeness (QED) is 0.478. The molecule has 2 aromatic carbocycles. The van der Waals surface area contributed by atoms with Gasteiger partial charge in [0.15, 0.2) is 0 Å². The second-order valence-corrected chi connectivity index (χ2v) is 8.08. The molecule has 0 atom stereocenters. The number of amides is 1. The second kappa shape index (κ2) is 8.78. The standard InChI is InChI=1S/C25H25N5O2/c31-24(26-14-8-16-30-25(32)29-15-7-6-13-23(29)28-30)20-17-22(18-9-2-1-3-10-18)27-21-12-5-4-11-19(20)21/h1-5,9-12,17H,6-8,13-16H2,(H,26,31). The Balaban J connectivity index is 1.31. The molecule has 4 aromatic rings. The molecule has 0 aliphatic carbocycles. The van der Waals surface area contributed by atoms with Crippen LogP contribution in [-0.2, 0) is 19.5 Å². The number of nitrogens with zero attached hydrogens (tertiary/aromatic N) is 4. The van der Waals surface area contributed by atoms with Crippen molar-refractivity contribution in [1.29, 1.82) is 0 Å². The first-order valence-corrected chi connectivity index (χ1v) is 11.1. The first kappa shape index (κ1) is 20.2. The molecular formula is C25H25N5O2. The summed E-state index contributed by atoms with van der Waals surface area (Å²) < 4.78 is 3.30. The van der Waals surface area contributed by atoms with E-state index in [1.807, 2.05) is 60.7 Å². The third kappa shape index (κ3) is 3.93. The Morgan fingerprint density at radius 2 is 1.84 bits per heavy atom. The fourth-order valence-corrected chi connectivity index (χ4v) is 4.24. The monoisotopic (exact) mass is 427 g/mol. The summed E-state index contributed by atoms with van der Waals surface area (Å²) in [5.74, 6) is 0.735. The van der Waals surface area contributed by atoms with Crippen molar-refractivity contribution in [2.45, 2.75) is 38.8 Å². The van der Waals surface area contributed by atoms with Gasteiger partial charge < -0.3 is 5.32 Å². The Morgan fingerprint density at radius 3 is 2.69 bits per heavy atom. The summed E-state index contributed by atoms with van der Waals surface area (Å²) in [6.45, 7) is 1.71. The number of aryl methyl sites for hydroxylation is 2. The van der Waals surface area contributed by atoms with Crippen molar-refractivity contribution in [2.24, 2.45) is 0 Å². The summed E-state index contributed by atoms with van der Waals surface area (Å²) in [4.78, 5) is 30.2. The molecule has 1 aliphatic heterocycles. The van der Waals surface area contributed by atoms with Crippen LogP contribution < -0.4 is 11.0 Å². The van der Waals surface area contributed by atoms with Crippen LogP contribution in [-0.4, -0.2) is 31.8 Å². The number of fused-ring (bicyclic) bond motifs is 2. The number of nitrogens with one attached hydrogen (secondary N) is 1. The summed E-state index contributed by atoms with van der Waals surface area (Å²) in [6.07, 6.45) is 3.60. The smallest absolute Gasteiger partial charge is 0.345 e. The molecule has 32 heavy (non-hydrogen) atoms. The normalized spacial score (nSPS) is 13.1. The first-order chi connectivity index (χ1) is 15.7. The van der Waals surface area contributed by atoms with Crippen molar-refractivity contribution >= 4 is 16.8 Å². The Labute approximate surface area is 185 Å². The number of hydrogen-bond acceptors (Lipinski definition) is 4. The van der Waals surface area contributed by atoms with Crippen molar-refractivity contribution in [3.63, 3.8) is 0 Å². The molecule has 2 aromatic heterocycles. The zero-order valence-corrected chi connectivity index (χ0v) is 17.8. The predicted octanol–water partition coefficient (Wildman–Crippen LogP) is 3.42. The van der Waals surface area contributed by atoms with E-state index in [9.17, 15) is 9.59 Å². The van der Waals surface area contributed by atoms with E-state index >= 15 is 0 Å². The summed E-state index contributed by atoms with van der Waals surface area (Å²) >= 11 is 0. The summed E-state index contributed by atoms with van der Waals surface area (Å²) in [5.41, 5.74) is 3.08. The summed E-state index contributed by atoms with van der Waals surface area (Å²) in [6, 6.07) is 19.4. The van der Waals surface area contributed by atoms with Crippen LogP contribution >= 0.6 is 0 Å². The molecule has 7 nitrogen and oxygen atoms in total. The second-order valence-electron chi connectivity index (χ2n) is 8.08. The van der Waals surface area contributed by atoms with Crippen molar-refractivity contribution in [1.82, 2.24) is 24.6 Å². The van der Waals surface area contributed by atoms with Gasteiger partial charge in [0.05, 0.1) is 16.8 Å². The van der Waals surface area contributed by atoms with E-state index in [0.717, 1.165) is 53.8 Å². The number of aromatic nitrogens is 4. The number of carbonyl (C=O) groups is 1. The van der Waals surface area contributed by atoms with Gasteiger partial charge in [-0.3, -0.25) is 9.36 Å². The van der Waals surface area contributed by atoms with Gasteiger partial charge in [-0.2, -0.15) is 5.10 Å². The number of para-hydroxylation sites is 1. The van der Waals surface area contributed by atoms with Gasteiger partial charge >= 0.3 is 5.69 Å². The lowest BCUT2D eigenvalue weighted by molar-refractivity contribution is 0.0954. The maximum Gasteiger partial charge on any atom is 0.345 e. The molecule has 3 heterocycles. The fraction of sp³-hybridized carbons (Fsp3) is 0.280. The van der Waals surface area contributed by atoms with E-state index in [1.54, 1.807) is 4.57 Å². The highest BCUT2D eigenvalue weighted by Gasteiger charge is 2.17. The SMILES string of the molecule is O=C(NCCCn1nc2n(c1=O)CCCC2)c1cc(-c2ccccc2)nc2ccccc12. The van der Waals surface area contributed by atoms with E-state index in [4.69, 9.17) is 4.98 Å². The van der Waals surface area contributed by atoms with Gasteiger partial charge in [0, 0.05) is 37.0 Å². The highest BCUT2D eigenvalue weighted by Crippen LogP contribution is 2.24. The number of hydrogen-bond donors (Lipinski definition) is 1. The molecule has 5 rings (SSSR count). The lowest BCUT2D eigenvalue weighted by Gasteiger charge is -2.10. The molecule has 0 saturated carbocycles. The van der Waals surface area contributed by atoms with Crippen molar-refractivity contribution < 1.29 is 4.79 Å². The molecule has 0 unspecified atom stereocenters. The largest absolute Gasteiger partial charge is 0.352 e. The number of pyridine rings is 1. The average molecular weight is 428 g/mol. The predicted molar refractivity (Wildman–Crippen MR) is 124 cm³/mol. The lowest BCUT2D eigenvalue weighted by atomic mass is 10.0. The maximum absolute atomic E-state index is 13.1. The maximum atomic E-state index is 13.1. The Bertz CT molecular complexity index is 1320. The van der Waals surface area contributed by atoms with Crippen molar-refractivity contribution in [2.75, 3.05) is 6.54 Å². The number of carbonyl (C=O) groups excluding carboxylic acids is 1. The highest BCUT2D eigenvalue weighted by molar-refractivity contribution is 6.07. The topological polar surface area (TPSA) is 81.8 Å². The summed E-state index contributed by atoms with van der Waals surface area (Å²) in [5, 5.41) is 8.28. The molecule has 162 valence electrons. The van der Waals surface area contributed by atoms with E-state index in [0.29, 0.717) is 25.1 Å². The third-order valence-electron chi connectivity index (χ3n) is 5.89. The van der Waals surface area contributed by atoms with Gasteiger partial charge in [0.2, 0.25) is 0 Å². The molecule has 7 heteroatoms. The molecule has 0 radical (unpaired) electrons. The van der Waals surface area contributed by atoms with Crippen LogP contribution in [0.4, 0.5) is 0 Å². The van der Waals surface area contributed by atoms with E-state index in [1.165, 1.54) is 4.68 Å². The zero-order chi connectivity index (χ0) is 21.9. The van der Waals surface area contributed by atoms with E-state index in [-0.39, 0.29) is 11.6 Å². The summed E-state index contributed by atoms with van der Waals surface area (Å²) in [7, 11) is 0. The molecule has 1 N–H and O–H groups in total. The molecule has 0 saturated heterocycles. The van der Waals surface area contributed by atoms with Gasteiger partial charge in [0.1, 0.15) is 5.82 Å². The Hall–Kier alpha value is -3.74. The van der Waals surface area contributed by atoms with Gasteiger partial charge in [-0.1, -0.05) is 48.5 Å². The van der Waals surface area contributed by atoms with E-state index in [2.05, 4.69) is 10.4 Å². The lowest BCUT2D eigenvalue weighted by Crippen LogP contribution is -2.29. The average Bonchev–Trinajstić information content (AvgIpc) is 3.17. The molecule has 0 fully saturated rings. The highest BCUT2D eigenvalue weighted by atomic mass is 16.2. The number of benzene rings is 2. The van der Waals surface area contributed by atoms with Crippen LogP contribution in [0.1, 0.15) is 35.4 Å². The fourth-order valence-electron chi connectivity index (χ4n) is 4.24. The minimum Gasteiger partial charge on any atom is -0.352 e. The molecule has 0 spiro atoms. The van der Waals surface area contributed by atoms with Gasteiger partial charge in [-0.05, 0) is 31.4 Å².